The first-order chi connectivity index (χ1) is 13.7. The third-order valence-electron chi connectivity index (χ3n) is 5.78. The monoisotopic (exact) mass is 401 g/mol. The van der Waals surface area contributed by atoms with E-state index in [1.54, 1.807) is 0 Å². The number of anilines is 1. The van der Waals surface area contributed by atoms with E-state index in [9.17, 15) is 14.4 Å². The van der Waals surface area contributed by atoms with Crippen molar-refractivity contribution in [2.24, 2.45) is 0 Å². The Morgan fingerprint density at radius 1 is 1.10 bits per heavy atom. The van der Waals surface area contributed by atoms with Gasteiger partial charge >= 0.3 is 5.97 Å². The summed E-state index contributed by atoms with van der Waals surface area (Å²) in [7, 11) is 1.29. The average Bonchev–Trinajstić information content (AvgIpc) is 3.07. The molecule has 2 saturated heterocycles. The molecule has 7 heteroatoms. The number of hydrogen-bond donors (Lipinski definition) is 0. The Kier molecular flexibility index (Phi) is 6.15. The van der Waals surface area contributed by atoms with Gasteiger partial charge in [0.2, 0.25) is 11.8 Å². The van der Waals surface area contributed by atoms with E-state index in [2.05, 4.69) is 54.7 Å². The Balaban J connectivity index is 1.66. The number of rotatable bonds is 4. The van der Waals surface area contributed by atoms with Gasteiger partial charge in [0.1, 0.15) is 12.6 Å². The number of para-hydroxylation sites is 1. The van der Waals surface area contributed by atoms with Crippen LogP contribution in [0.1, 0.15) is 39.2 Å². The van der Waals surface area contributed by atoms with Gasteiger partial charge in [0.15, 0.2) is 0 Å². The van der Waals surface area contributed by atoms with Crippen molar-refractivity contribution in [1.29, 1.82) is 0 Å². The van der Waals surface area contributed by atoms with Crippen LogP contribution in [-0.2, 0) is 24.5 Å². The van der Waals surface area contributed by atoms with Gasteiger partial charge in [0, 0.05) is 38.3 Å². The predicted molar refractivity (Wildman–Crippen MR) is 111 cm³/mol. The molecule has 1 unspecified atom stereocenters. The summed E-state index contributed by atoms with van der Waals surface area (Å²) in [4.78, 5) is 42.3. The average molecular weight is 402 g/mol. The molecule has 2 amide bonds. The molecule has 0 radical (unpaired) electrons. The summed E-state index contributed by atoms with van der Waals surface area (Å²) in [6.45, 7) is 9.16. The molecule has 0 N–H and O–H groups in total. The Bertz CT molecular complexity index is 779. The van der Waals surface area contributed by atoms with Crippen LogP contribution >= 0.6 is 0 Å². The molecule has 0 aromatic heterocycles. The smallest absolute Gasteiger partial charge is 0.325 e. The second-order valence-electron chi connectivity index (χ2n) is 8.73. The first-order valence-corrected chi connectivity index (χ1v) is 10.2. The SMILES string of the molecule is COC(=O)CN1C(=O)CCC1C(=O)N1CCN(c2ccccc2C(C)(C)C)CC1. The minimum absolute atomic E-state index is 0.0438. The maximum atomic E-state index is 13.1. The van der Waals surface area contributed by atoms with E-state index >= 15 is 0 Å². The molecule has 0 spiro atoms. The summed E-state index contributed by atoms with van der Waals surface area (Å²) >= 11 is 0. The summed E-state index contributed by atoms with van der Waals surface area (Å²) in [5, 5.41) is 0. The topological polar surface area (TPSA) is 70.2 Å². The Hall–Kier alpha value is -2.57. The lowest BCUT2D eigenvalue weighted by Gasteiger charge is -2.40. The van der Waals surface area contributed by atoms with E-state index in [1.807, 2.05) is 4.90 Å². The maximum absolute atomic E-state index is 13.1. The van der Waals surface area contributed by atoms with Crippen LogP contribution in [0.5, 0.6) is 0 Å². The zero-order chi connectivity index (χ0) is 21.2. The number of methoxy groups -OCH3 is 1. The van der Waals surface area contributed by atoms with Crippen molar-refractivity contribution in [3.63, 3.8) is 0 Å². The van der Waals surface area contributed by atoms with Gasteiger partial charge < -0.3 is 19.4 Å². The van der Waals surface area contributed by atoms with Crippen LogP contribution in [0.25, 0.3) is 0 Å². The van der Waals surface area contributed by atoms with Crippen LogP contribution in [0.15, 0.2) is 24.3 Å². The van der Waals surface area contributed by atoms with Crippen LogP contribution in [-0.4, -0.2) is 73.5 Å². The van der Waals surface area contributed by atoms with E-state index in [-0.39, 0.29) is 23.8 Å². The fraction of sp³-hybridized carbons (Fsp3) is 0.591. The molecule has 0 saturated carbocycles. The zero-order valence-corrected chi connectivity index (χ0v) is 17.8. The number of piperazine rings is 1. The second-order valence-corrected chi connectivity index (χ2v) is 8.73. The van der Waals surface area contributed by atoms with Crippen LogP contribution in [0.4, 0.5) is 5.69 Å². The van der Waals surface area contributed by atoms with Crippen LogP contribution in [0.2, 0.25) is 0 Å². The molecule has 7 nitrogen and oxygen atoms in total. The summed E-state index contributed by atoms with van der Waals surface area (Å²) in [5.41, 5.74) is 2.56. The highest BCUT2D eigenvalue weighted by Gasteiger charge is 2.40. The van der Waals surface area contributed by atoms with E-state index < -0.39 is 12.0 Å². The van der Waals surface area contributed by atoms with Crippen molar-refractivity contribution in [2.45, 2.75) is 45.1 Å². The summed E-state index contributed by atoms with van der Waals surface area (Å²) in [5.74, 6) is -0.725. The van der Waals surface area contributed by atoms with E-state index in [0.29, 0.717) is 25.9 Å². The minimum atomic E-state index is -0.560. The van der Waals surface area contributed by atoms with Gasteiger partial charge in [0.05, 0.1) is 7.11 Å². The Morgan fingerprint density at radius 3 is 2.38 bits per heavy atom. The molecule has 2 aliphatic heterocycles. The number of amides is 2. The van der Waals surface area contributed by atoms with E-state index in [1.165, 1.54) is 23.3 Å². The molecule has 1 aromatic carbocycles. The molecule has 0 bridgehead atoms. The molecule has 0 aliphatic carbocycles. The number of hydrogen-bond acceptors (Lipinski definition) is 5. The number of ether oxygens (including phenoxy) is 1. The lowest BCUT2D eigenvalue weighted by atomic mass is 9.85. The number of carbonyl (C=O) groups is 3. The highest BCUT2D eigenvalue weighted by molar-refractivity contribution is 5.93. The molecular weight excluding hydrogens is 370 g/mol. The number of esters is 1. The van der Waals surface area contributed by atoms with Crippen molar-refractivity contribution >= 4 is 23.5 Å². The summed E-state index contributed by atoms with van der Waals surface area (Å²) in [6.07, 6.45) is 0.758. The summed E-state index contributed by atoms with van der Waals surface area (Å²) in [6, 6.07) is 7.87. The zero-order valence-electron chi connectivity index (χ0n) is 17.8. The second kappa shape index (κ2) is 8.43. The molecular formula is C22H31N3O4. The van der Waals surface area contributed by atoms with Crippen LogP contribution in [0, 0.1) is 0 Å². The summed E-state index contributed by atoms with van der Waals surface area (Å²) < 4.78 is 4.67. The van der Waals surface area contributed by atoms with Gasteiger partial charge in [-0.05, 0) is 23.5 Å². The maximum Gasteiger partial charge on any atom is 0.325 e. The predicted octanol–water partition coefficient (Wildman–Crippen LogP) is 1.80. The Labute approximate surface area is 172 Å². The first kappa shape index (κ1) is 21.1. The number of carbonyl (C=O) groups excluding carboxylic acids is 3. The van der Waals surface area contributed by atoms with Crippen LogP contribution in [0.3, 0.4) is 0 Å². The van der Waals surface area contributed by atoms with Gasteiger partial charge in [-0.15, -0.1) is 0 Å². The van der Waals surface area contributed by atoms with Crippen molar-refractivity contribution in [3.8, 4) is 0 Å². The van der Waals surface area contributed by atoms with Gasteiger partial charge in [-0.2, -0.15) is 0 Å². The van der Waals surface area contributed by atoms with Gasteiger partial charge in [-0.25, -0.2) is 0 Å². The number of benzene rings is 1. The van der Waals surface area contributed by atoms with Crippen molar-refractivity contribution in [2.75, 3.05) is 44.7 Å². The quantitative estimate of drug-likeness (QED) is 0.720. The number of likely N-dealkylation sites (tertiary alicyclic amines) is 1. The minimum Gasteiger partial charge on any atom is -0.468 e. The van der Waals surface area contributed by atoms with Gasteiger partial charge in [-0.1, -0.05) is 39.0 Å². The molecule has 2 heterocycles. The normalized spacial score (nSPS) is 20.2. The molecule has 1 atom stereocenters. The highest BCUT2D eigenvalue weighted by Crippen LogP contribution is 2.32. The largest absolute Gasteiger partial charge is 0.468 e. The lowest BCUT2D eigenvalue weighted by molar-refractivity contribution is -0.149. The standard InChI is InChI=1S/C22H31N3O4/c1-22(2,3)16-7-5-6-8-17(16)23-11-13-24(14-12-23)21(28)18-9-10-19(26)25(18)15-20(27)29-4/h5-8,18H,9-15H2,1-4H3. The highest BCUT2D eigenvalue weighted by atomic mass is 16.5. The van der Waals surface area contributed by atoms with E-state index in [4.69, 9.17) is 0 Å². The van der Waals surface area contributed by atoms with Crippen molar-refractivity contribution in [1.82, 2.24) is 9.80 Å². The fourth-order valence-electron chi connectivity index (χ4n) is 4.15. The van der Waals surface area contributed by atoms with Gasteiger partial charge in [0.25, 0.3) is 0 Å². The molecule has 158 valence electrons. The molecule has 3 rings (SSSR count). The molecule has 29 heavy (non-hydrogen) atoms. The molecule has 2 fully saturated rings. The van der Waals surface area contributed by atoms with E-state index in [0.717, 1.165) is 13.1 Å². The molecule has 2 aliphatic rings. The number of nitrogens with zero attached hydrogens (tertiary/aromatic N) is 3. The van der Waals surface area contributed by atoms with Gasteiger partial charge in [-0.3, -0.25) is 14.4 Å². The first-order valence-electron chi connectivity index (χ1n) is 10.2. The van der Waals surface area contributed by atoms with Crippen molar-refractivity contribution in [3.05, 3.63) is 29.8 Å². The third-order valence-corrected chi connectivity index (χ3v) is 5.78. The Morgan fingerprint density at radius 2 is 1.76 bits per heavy atom. The van der Waals surface area contributed by atoms with Crippen LogP contribution < -0.4 is 4.90 Å². The fourth-order valence-corrected chi connectivity index (χ4v) is 4.15. The lowest BCUT2D eigenvalue weighted by Crippen LogP contribution is -2.55. The molecule has 1 aromatic rings. The van der Waals surface area contributed by atoms with Crippen molar-refractivity contribution < 1.29 is 19.1 Å². The third kappa shape index (κ3) is 4.54.